The summed E-state index contributed by atoms with van der Waals surface area (Å²) in [5, 5.41) is 13.2. The number of hydrogen-bond donors (Lipinski definition) is 2. The third-order valence-electron chi connectivity index (χ3n) is 1.52. The van der Waals surface area contributed by atoms with Crippen LogP contribution in [0.25, 0.3) is 0 Å². The predicted molar refractivity (Wildman–Crippen MR) is 56.6 cm³/mol. The Hall–Kier alpha value is -0.440. The Bertz CT molecular complexity index is 289. The van der Waals surface area contributed by atoms with E-state index in [4.69, 9.17) is 28.3 Å². The molecule has 0 heterocycles. The van der Waals surface area contributed by atoms with Crippen molar-refractivity contribution in [2.75, 3.05) is 11.9 Å². The van der Waals surface area contributed by atoms with Crippen LogP contribution in [0.15, 0.2) is 18.2 Å². The van der Waals surface area contributed by atoms with Crippen molar-refractivity contribution in [3.8, 4) is 0 Å². The second-order valence-corrected chi connectivity index (χ2v) is 3.70. The molecule has 4 heteroatoms. The lowest BCUT2D eigenvalue weighted by atomic mass is 10.3. The zero-order valence-electron chi connectivity index (χ0n) is 7.22. The Morgan fingerprint density at radius 2 is 2.15 bits per heavy atom. The van der Waals surface area contributed by atoms with E-state index in [-0.39, 0.29) is 0 Å². The summed E-state index contributed by atoms with van der Waals surface area (Å²) in [4.78, 5) is 0. The second kappa shape index (κ2) is 4.70. The third-order valence-corrected chi connectivity index (χ3v) is 2.07. The van der Waals surface area contributed by atoms with E-state index in [0.717, 1.165) is 5.69 Å². The van der Waals surface area contributed by atoms with Gasteiger partial charge < -0.3 is 10.4 Å². The number of benzene rings is 1. The van der Waals surface area contributed by atoms with E-state index in [0.29, 0.717) is 16.6 Å². The molecule has 0 saturated carbocycles. The van der Waals surface area contributed by atoms with Crippen LogP contribution in [0, 0.1) is 0 Å². The molecule has 0 aromatic heterocycles. The summed E-state index contributed by atoms with van der Waals surface area (Å²) in [7, 11) is 0. The first kappa shape index (κ1) is 10.6. The van der Waals surface area contributed by atoms with Gasteiger partial charge in [-0.2, -0.15) is 0 Å². The van der Waals surface area contributed by atoms with Crippen LogP contribution < -0.4 is 5.32 Å². The van der Waals surface area contributed by atoms with Crippen molar-refractivity contribution in [3.63, 3.8) is 0 Å². The van der Waals surface area contributed by atoms with Gasteiger partial charge in [0.15, 0.2) is 0 Å². The molecule has 0 aliphatic heterocycles. The van der Waals surface area contributed by atoms with Gasteiger partial charge in [0.05, 0.1) is 16.8 Å². The third kappa shape index (κ3) is 3.43. The molecule has 2 nitrogen and oxygen atoms in total. The van der Waals surface area contributed by atoms with Crippen LogP contribution in [0.5, 0.6) is 0 Å². The zero-order chi connectivity index (χ0) is 9.84. The molecule has 0 bridgehead atoms. The minimum Gasteiger partial charge on any atom is -0.392 e. The highest BCUT2D eigenvalue weighted by Gasteiger charge is 2.01. The Kier molecular flexibility index (Phi) is 3.85. The van der Waals surface area contributed by atoms with Gasteiger partial charge in [0.25, 0.3) is 0 Å². The van der Waals surface area contributed by atoms with Gasteiger partial charge in [0, 0.05) is 11.6 Å². The maximum absolute atomic E-state index is 9.03. The summed E-state index contributed by atoms with van der Waals surface area (Å²) in [5.74, 6) is 0. The molecular weight excluding hydrogens is 209 g/mol. The molecule has 0 saturated heterocycles. The summed E-state index contributed by atoms with van der Waals surface area (Å²) in [6.07, 6.45) is -0.397. The van der Waals surface area contributed by atoms with Crippen LogP contribution in [0.2, 0.25) is 10.0 Å². The molecule has 1 atom stereocenters. The molecule has 0 spiro atoms. The van der Waals surface area contributed by atoms with Crippen molar-refractivity contribution in [1.29, 1.82) is 0 Å². The van der Waals surface area contributed by atoms with E-state index in [1.807, 2.05) is 0 Å². The highest BCUT2D eigenvalue weighted by molar-refractivity contribution is 6.36. The number of aliphatic hydroxyl groups is 1. The first-order valence-electron chi connectivity index (χ1n) is 3.96. The Balaban J connectivity index is 2.67. The largest absolute Gasteiger partial charge is 0.392 e. The van der Waals surface area contributed by atoms with E-state index in [1.54, 1.807) is 25.1 Å². The first-order valence-corrected chi connectivity index (χ1v) is 4.72. The molecule has 13 heavy (non-hydrogen) atoms. The van der Waals surface area contributed by atoms with Crippen LogP contribution >= 0.6 is 23.2 Å². The molecule has 0 fully saturated rings. The topological polar surface area (TPSA) is 32.3 Å². The highest BCUT2D eigenvalue weighted by atomic mass is 35.5. The number of nitrogens with one attached hydrogen (secondary N) is 1. The van der Waals surface area contributed by atoms with Crippen molar-refractivity contribution in [1.82, 2.24) is 0 Å². The van der Waals surface area contributed by atoms with Gasteiger partial charge in [-0.3, -0.25) is 0 Å². The molecule has 0 aliphatic carbocycles. The number of rotatable bonds is 3. The normalized spacial score (nSPS) is 12.6. The minimum atomic E-state index is -0.397. The van der Waals surface area contributed by atoms with E-state index >= 15 is 0 Å². The van der Waals surface area contributed by atoms with Crippen molar-refractivity contribution in [3.05, 3.63) is 28.2 Å². The van der Waals surface area contributed by atoms with Crippen LogP contribution in [-0.2, 0) is 0 Å². The summed E-state index contributed by atoms with van der Waals surface area (Å²) < 4.78 is 0. The lowest BCUT2D eigenvalue weighted by Gasteiger charge is -2.09. The smallest absolute Gasteiger partial charge is 0.0684 e. The molecule has 0 amide bonds. The van der Waals surface area contributed by atoms with Crippen molar-refractivity contribution in [2.45, 2.75) is 13.0 Å². The molecule has 1 aromatic rings. The number of halogens is 2. The van der Waals surface area contributed by atoms with Crippen molar-refractivity contribution < 1.29 is 5.11 Å². The maximum Gasteiger partial charge on any atom is 0.0684 e. The average Bonchev–Trinajstić information content (AvgIpc) is 2.02. The maximum atomic E-state index is 9.03. The van der Waals surface area contributed by atoms with Gasteiger partial charge >= 0.3 is 0 Å². The molecule has 0 radical (unpaired) electrons. The fraction of sp³-hybridized carbons (Fsp3) is 0.333. The summed E-state index contributed by atoms with van der Waals surface area (Å²) in [5.41, 5.74) is 0.784. The molecule has 1 aromatic carbocycles. The second-order valence-electron chi connectivity index (χ2n) is 2.85. The van der Waals surface area contributed by atoms with E-state index in [2.05, 4.69) is 5.32 Å². The standard InChI is InChI=1S/C9H11Cl2NO/c1-6(13)5-12-9-3-2-7(10)4-8(9)11/h2-4,6,12-13H,5H2,1H3/t6-/m0/s1. The zero-order valence-corrected chi connectivity index (χ0v) is 8.73. The monoisotopic (exact) mass is 219 g/mol. The van der Waals surface area contributed by atoms with E-state index < -0.39 is 6.10 Å². The SMILES string of the molecule is C[C@H](O)CNc1ccc(Cl)cc1Cl. The van der Waals surface area contributed by atoms with Gasteiger partial charge in [0.2, 0.25) is 0 Å². The Morgan fingerprint density at radius 3 is 2.69 bits per heavy atom. The van der Waals surface area contributed by atoms with Crippen molar-refractivity contribution in [2.24, 2.45) is 0 Å². The fourth-order valence-corrected chi connectivity index (χ4v) is 1.37. The molecule has 2 N–H and O–H groups in total. The number of aliphatic hydroxyl groups excluding tert-OH is 1. The van der Waals surface area contributed by atoms with Crippen molar-refractivity contribution >= 4 is 28.9 Å². The quantitative estimate of drug-likeness (QED) is 0.820. The van der Waals surface area contributed by atoms with Crippen LogP contribution in [-0.4, -0.2) is 17.8 Å². The van der Waals surface area contributed by atoms with Gasteiger partial charge in [0.1, 0.15) is 0 Å². The van der Waals surface area contributed by atoms with Gasteiger partial charge in [-0.25, -0.2) is 0 Å². The average molecular weight is 220 g/mol. The lowest BCUT2D eigenvalue weighted by molar-refractivity contribution is 0.208. The first-order chi connectivity index (χ1) is 6.09. The Morgan fingerprint density at radius 1 is 1.46 bits per heavy atom. The summed E-state index contributed by atoms with van der Waals surface area (Å²) >= 11 is 11.6. The van der Waals surface area contributed by atoms with Gasteiger partial charge in [-0.15, -0.1) is 0 Å². The predicted octanol–water partition coefficient (Wildman–Crippen LogP) is 2.79. The summed E-state index contributed by atoms with van der Waals surface area (Å²) in [6, 6.07) is 5.19. The van der Waals surface area contributed by atoms with E-state index in [9.17, 15) is 0 Å². The van der Waals surface area contributed by atoms with Gasteiger partial charge in [-0.05, 0) is 25.1 Å². The molecule has 1 rings (SSSR count). The van der Waals surface area contributed by atoms with E-state index in [1.165, 1.54) is 0 Å². The Labute approximate surface area is 87.5 Å². The molecular formula is C9H11Cl2NO. The molecule has 0 unspecified atom stereocenters. The van der Waals surface area contributed by atoms with Crippen LogP contribution in [0.1, 0.15) is 6.92 Å². The minimum absolute atomic E-state index is 0.397. The number of hydrogen-bond acceptors (Lipinski definition) is 2. The van der Waals surface area contributed by atoms with Crippen LogP contribution in [0.4, 0.5) is 5.69 Å². The van der Waals surface area contributed by atoms with Gasteiger partial charge in [-0.1, -0.05) is 23.2 Å². The number of anilines is 1. The molecule has 0 aliphatic rings. The molecule has 72 valence electrons. The summed E-state index contributed by atoms with van der Waals surface area (Å²) in [6.45, 7) is 2.18. The van der Waals surface area contributed by atoms with Crippen LogP contribution in [0.3, 0.4) is 0 Å². The lowest BCUT2D eigenvalue weighted by Crippen LogP contribution is -2.15. The highest BCUT2D eigenvalue weighted by Crippen LogP contribution is 2.25. The fourth-order valence-electron chi connectivity index (χ4n) is 0.891.